The third-order valence-electron chi connectivity index (χ3n) is 7.14. The molecule has 39 heavy (non-hydrogen) atoms. The molecule has 2 saturated heterocycles. The van der Waals surface area contributed by atoms with Crippen LogP contribution in [0.15, 0.2) is 53.3 Å². The van der Waals surface area contributed by atoms with E-state index in [-0.39, 0.29) is 17.2 Å². The molecule has 2 fully saturated rings. The Hall–Kier alpha value is -3.14. The minimum Gasteiger partial charge on any atom is -0.462 e. The highest BCUT2D eigenvalue weighted by Gasteiger charge is 2.33. The molecule has 0 aliphatic carbocycles. The van der Waals surface area contributed by atoms with Crippen molar-refractivity contribution in [1.29, 1.82) is 0 Å². The summed E-state index contributed by atoms with van der Waals surface area (Å²) in [4.78, 5) is 43.7. The van der Waals surface area contributed by atoms with Gasteiger partial charge in [0, 0.05) is 37.2 Å². The first kappa shape index (κ1) is 28.9. The van der Waals surface area contributed by atoms with Gasteiger partial charge in [-0.15, -0.1) is 0 Å². The molecule has 210 valence electrons. The van der Waals surface area contributed by atoms with Crippen molar-refractivity contribution < 1.29 is 14.3 Å². The average Bonchev–Trinajstić information content (AvgIpc) is 3.24. The Kier molecular flexibility index (Phi) is 9.48. The highest BCUT2D eigenvalue weighted by Crippen LogP contribution is 2.27. The fourth-order valence-electron chi connectivity index (χ4n) is 5.18. The number of halogens is 1. The number of piperazine rings is 1. The number of piperidine rings is 1. The number of carbonyl (C=O) groups is 2. The number of rotatable bonds is 5. The van der Waals surface area contributed by atoms with E-state index in [0.717, 1.165) is 44.6 Å². The lowest BCUT2D eigenvalue weighted by atomic mass is 10.0. The van der Waals surface area contributed by atoms with E-state index in [4.69, 9.17) is 11.6 Å². The average molecular weight is 556 g/mol. The predicted molar refractivity (Wildman–Crippen MR) is 153 cm³/mol. The predicted octanol–water partition coefficient (Wildman–Crippen LogP) is 3.43. The summed E-state index contributed by atoms with van der Waals surface area (Å²) >= 11 is 6.23. The molecular formula is C29H38ClN5O4. The van der Waals surface area contributed by atoms with E-state index in [2.05, 4.69) is 19.9 Å². The number of amides is 1. The van der Waals surface area contributed by atoms with Crippen LogP contribution < -0.4 is 11.0 Å². The summed E-state index contributed by atoms with van der Waals surface area (Å²) in [5, 5.41) is 3.95. The van der Waals surface area contributed by atoms with Gasteiger partial charge in [0.2, 0.25) is 0 Å². The van der Waals surface area contributed by atoms with Crippen LogP contribution in [0.1, 0.15) is 45.2 Å². The molecule has 0 spiro atoms. The second kappa shape index (κ2) is 12.8. The van der Waals surface area contributed by atoms with Crippen molar-refractivity contribution in [2.75, 3.05) is 39.3 Å². The number of imidazole rings is 1. The molecule has 1 atom stereocenters. The van der Waals surface area contributed by atoms with Crippen molar-refractivity contribution in [3.63, 3.8) is 0 Å². The minimum absolute atomic E-state index is 0.0517. The Bertz CT molecular complexity index is 1300. The molecule has 0 radical (unpaired) electrons. The number of benzene rings is 2. The zero-order valence-electron chi connectivity index (χ0n) is 22.9. The smallest absolute Gasteiger partial charge is 0.327 e. The lowest BCUT2D eigenvalue weighted by Crippen LogP contribution is -2.55. The first-order valence-corrected chi connectivity index (χ1v) is 13.9. The van der Waals surface area contributed by atoms with Gasteiger partial charge in [-0.25, -0.2) is 4.79 Å². The van der Waals surface area contributed by atoms with Crippen LogP contribution >= 0.6 is 11.6 Å². The molecule has 0 bridgehead atoms. The second-order valence-corrected chi connectivity index (χ2v) is 11.4. The zero-order valence-corrected chi connectivity index (χ0v) is 23.6. The van der Waals surface area contributed by atoms with Crippen LogP contribution in [0.4, 0.5) is 0 Å². The lowest BCUT2D eigenvalue weighted by Gasteiger charge is -2.41. The summed E-state index contributed by atoms with van der Waals surface area (Å²) in [6, 6.07) is 14.6. The fraction of sp³-hybridized carbons (Fsp3) is 0.483. The molecule has 3 heterocycles. The van der Waals surface area contributed by atoms with Crippen LogP contribution in [0.25, 0.3) is 11.0 Å². The molecular weight excluding hydrogens is 518 g/mol. The van der Waals surface area contributed by atoms with Crippen molar-refractivity contribution in [2.45, 2.75) is 51.3 Å². The van der Waals surface area contributed by atoms with Crippen LogP contribution in [0, 0.1) is 0 Å². The maximum atomic E-state index is 13.9. The minimum atomic E-state index is -0.735. The molecule has 1 amide bonds. The van der Waals surface area contributed by atoms with Crippen molar-refractivity contribution in [3.8, 4) is 0 Å². The van der Waals surface area contributed by atoms with Gasteiger partial charge in [0.15, 0.2) is 0 Å². The van der Waals surface area contributed by atoms with Crippen molar-refractivity contribution in [2.24, 2.45) is 0 Å². The van der Waals surface area contributed by atoms with Gasteiger partial charge in [-0.05, 0) is 70.5 Å². The van der Waals surface area contributed by atoms with E-state index in [1.807, 2.05) is 56.0 Å². The lowest BCUT2D eigenvalue weighted by molar-refractivity contribution is -0.138. The summed E-state index contributed by atoms with van der Waals surface area (Å²) in [5.74, 6) is -0.0517. The number of ether oxygens (including phenoxy) is 1. The normalized spacial score (nSPS) is 17.8. The number of nitrogens with one attached hydrogen (secondary N) is 2. The molecule has 0 saturated carbocycles. The number of nitrogens with zero attached hydrogens (tertiary/aromatic N) is 3. The van der Waals surface area contributed by atoms with Gasteiger partial charge in [-0.2, -0.15) is 0 Å². The van der Waals surface area contributed by atoms with Gasteiger partial charge < -0.3 is 19.9 Å². The van der Waals surface area contributed by atoms with Crippen molar-refractivity contribution in [3.05, 3.63) is 69.6 Å². The van der Waals surface area contributed by atoms with Gasteiger partial charge >= 0.3 is 5.69 Å². The number of carbonyl (C=O) groups excluding carboxylic acids is 2. The number of aromatic nitrogens is 2. The highest BCUT2D eigenvalue weighted by molar-refractivity contribution is 6.31. The molecule has 2 aliphatic heterocycles. The zero-order chi connectivity index (χ0) is 28.0. The number of aromatic amines is 1. The Morgan fingerprint density at radius 1 is 1.05 bits per heavy atom. The maximum Gasteiger partial charge on any atom is 0.327 e. The van der Waals surface area contributed by atoms with E-state index < -0.39 is 6.04 Å². The standard InChI is InChI=1S/C24H28ClN5O2.C5H10O2/c25-18-6-7-20-21(16-18)30(24(32)27-20)22(17-4-2-1-3-5-17)23(31)29-14-12-28(13-15-29)19-8-10-26-11-9-19;1-5(2,3)7-4-6/h1-7,16,19,22,26H,8-15H2,(H,27,32);4H,1-3H3. The van der Waals surface area contributed by atoms with Gasteiger partial charge in [-0.3, -0.25) is 19.1 Å². The first-order valence-electron chi connectivity index (χ1n) is 13.5. The summed E-state index contributed by atoms with van der Waals surface area (Å²) in [6.07, 6.45) is 2.32. The molecule has 9 nitrogen and oxygen atoms in total. The third-order valence-corrected chi connectivity index (χ3v) is 7.37. The Balaban J connectivity index is 0.000000448. The maximum absolute atomic E-state index is 13.9. The SMILES string of the molecule is CC(C)(C)OC=O.O=C(C(c1ccccc1)n1c(=O)[nH]c2ccc(Cl)cc21)N1CCN(C2CCNCC2)CC1. The molecule has 3 aromatic rings. The Morgan fingerprint density at radius 2 is 1.72 bits per heavy atom. The fourth-order valence-corrected chi connectivity index (χ4v) is 5.35. The number of hydrogen-bond donors (Lipinski definition) is 2. The van der Waals surface area contributed by atoms with E-state index in [0.29, 0.717) is 41.7 Å². The van der Waals surface area contributed by atoms with Crippen LogP contribution in [0.3, 0.4) is 0 Å². The Labute approximate surface area is 234 Å². The van der Waals surface area contributed by atoms with Crippen molar-refractivity contribution >= 4 is 35.0 Å². The third kappa shape index (κ3) is 7.29. The van der Waals surface area contributed by atoms with Gasteiger partial charge in [0.1, 0.15) is 11.6 Å². The van der Waals surface area contributed by atoms with Crippen LogP contribution in [-0.2, 0) is 14.3 Å². The first-order chi connectivity index (χ1) is 18.7. The van der Waals surface area contributed by atoms with Crippen LogP contribution in [0.5, 0.6) is 0 Å². The summed E-state index contributed by atoms with van der Waals surface area (Å²) < 4.78 is 6.10. The summed E-state index contributed by atoms with van der Waals surface area (Å²) in [7, 11) is 0. The van der Waals surface area contributed by atoms with Gasteiger partial charge in [0.05, 0.1) is 11.0 Å². The summed E-state index contributed by atoms with van der Waals surface area (Å²) in [5.41, 5.74) is 1.47. The number of hydrogen-bond acceptors (Lipinski definition) is 6. The Morgan fingerprint density at radius 3 is 2.31 bits per heavy atom. The topological polar surface area (TPSA) is 99.7 Å². The van der Waals surface area contributed by atoms with Gasteiger partial charge in [-0.1, -0.05) is 41.9 Å². The quantitative estimate of drug-likeness (QED) is 0.468. The van der Waals surface area contributed by atoms with Crippen LogP contribution in [-0.4, -0.2) is 82.6 Å². The van der Waals surface area contributed by atoms with Crippen molar-refractivity contribution in [1.82, 2.24) is 24.7 Å². The molecule has 2 N–H and O–H groups in total. The monoisotopic (exact) mass is 555 g/mol. The van der Waals surface area contributed by atoms with E-state index in [9.17, 15) is 14.4 Å². The largest absolute Gasteiger partial charge is 0.462 e. The molecule has 1 unspecified atom stereocenters. The molecule has 10 heteroatoms. The second-order valence-electron chi connectivity index (χ2n) is 10.9. The number of H-pyrrole nitrogens is 1. The van der Waals surface area contributed by atoms with E-state index in [1.54, 1.807) is 22.8 Å². The molecule has 2 aromatic carbocycles. The number of fused-ring (bicyclic) bond motifs is 1. The highest BCUT2D eigenvalue weighted by atomic mass is 35.5. The van der Waals surface area contributed by atoms with Gasteiger partial charge in [0.25, 0.3) is 12.4 Å². The molecule has 5 rings (SSSR count). The van der Waals surface area contributed by atoms with E-state index >= 15 is 0 Å². The molecule has 2 aliphatic rings. The summed E-state index contributed by atoms with van der Waals surface area (Å²) in [6.45, 7) is 11.1. The van der Waals surface area contributed by atoms with Crippen LogP contribution in [0.2, 0.25) is 5.02 Å². The van der Waals surface area contributed by atoms with E-state index in [1.165, 1.54) is 0 Å². The molecule has 1 aromatic heterocycles.